The zero-order chi connectivity index (χ0) is 15.7. The number of hydrogen-bond donors (Lipinski definition) is 1. The zero-order valence-corrected chi connectivity index (χ0v) is 12.3. The highest BCUT2D eigenvalue weighted by molar-refractivity contribution is 7.90. The van der Waals surface area contributed by atoms with Gasteiger partial charge in [0, 0.05) is 18.0 Å². The van der Waals surface area contributed by atoms with Gasteiger partial charge in [-0.3, -0.25) is 0 Å². The lowest BCUT2D eigenvalue weighted by Gasteiger charge is -2.13. The number of aromatic nitrogens is 2. The molecule has 114 valence electrons. The summed E-state index contributed by atoms with van der Waals surface area (Å²) in [6.45, 7) is 0. The van der Waals surface area contributed by atoms with Gasteiger partial charge in [-0.2, -0.15) is 0 Å². The molecule has 1 N–H and O–H groups in total. The van der Waals surface area contributed by atoms with Gasteiger partial charge in [0.15, 0.2) is 0 Å². The van der Waals surface area contributed by atoms with Crippen molar-refractivity contribution < 1.29 is 17.6 Å². The highest BCUT2D eigenvalue weighted by atomic mass is 32.2. The molecule has 0 saturated carbocycles. The maximum Gasteiger partial charge on any atom is 0.247 e. The maximum atomic E-state index is 13.0. The molecule has 2 aromatic rings. The van der Waals surface area contributed by atoms with Crippen molar-refractivity contribution >= 4 is 15.4 Å². The average molecular weight is 321 g/mol. The van der Waals surface area contributed by atoms with E-state index in [1.807, 2.05) is 0 Å². The fourth-order valence-electron chi connectivity index (χ4n) is 2.09. The van der Waals surface area contributed by atoms with Crippen molar-refractivity contribution in [2.75, 3.05) is 6.26 Å². The lowest BCUT2D eigenvalue weighted by atomic mass is 9.98. The molecule has 6 nitrogen and oxygen atoms in total. The van der Waals surface area contributed by atoms with Crippen LogP contribution in [-0.4, -0.2) is 24.6 Å². The maximum absolute atomic E-state index is 13.0. The van der Waals surface area contributed by atoms with Crippen molar-refractivity contribution in [3.63, 3.8) is 0 Å². The third kappa shape index (κ3) is 2.83. The summed E-state index contributed by atoms with van der Waals surface area (Å²) in [5, 5.41) is -0.253. The van der Waals surface area contributed by atoms with E-state index >= 15 is 0 Å². The van der Waals surface area contributed by atoms with Crippen LogP contribution in [0.5, 0.6) is 0 Å². The predicted molar refractivity (Wildman–Crippen MR) is 76.5 cm³/mol. The number of sulfone groups is 1. The third-order valence-electron chi connectivity index (χ3n) is 3.14. The summed E-state index contributed by atoms with van der Waals surface area (Å²) in [6.07, 6.45) is 3.91. The summed E-state index contributed by atoms with van der Waals surface area (Å²) >= 11 is 0. The standard InChI is InChI=1S/C14H12FN3O3S/c1-22(19,20)14-16-7-6-12(17-14)13-11(8-21-18-13)9-2-4-10(15)5-3-9/h2-8,13,18H,1H3. The molecule has 0 aliphatic carbocycles. The Kier molecular flexibility index (Phi) is 3.63. The fourth-order valence-corrected chi connectivity index (χ4v) is 2.61. The molecule has 0 spiro atoms. The van der Waals surface area contributed by atoms with Gasteiger partial charge in [0.2, 0.25) is 15.0 Å². The summed E-state index contributed by atoms with van der Waals surface area (Å²) in [7, 11) is -3.50. The predicted octanol–water partition coefficient (Wildman–Crippen LogP) is 1.64. The molecular weight excluding hydrogens is 309 g/mol. The molecule has 1 aliphatic rings. The molecule has 22 heavy (non-hydrogen) atoms. The minimum atomic E-state index is -3.50. The van der Waals surface area contributed by atoms with Gasteiger partial charge in [-0.05, 0) is 23.8 Å². The van der Waals surface area contributed by atoms with E-state index in [9.17, 15) is 12.8 Å². The Hall–Kier alpha value is -2.32. The summed E-state index contributed by atoms with van der Waals surface area (Å²) in [6, 6.07) is 7.04. The third-order valence-corrected chi connectivity index (χ3v) is 4.00. The summed E-state index contributed by atoms with van der Waals surface area (Å²) in [5.41, 5.74) is 4.66. The van der Waals surface area contributed by atoms with Crippen molar-refractivity contribution in [3.8, 4) is 0 Å². The Labute approximate surface area is 126 Å². The van der Waals surface area contributed by atoms with Crippen molar-refractivity contribution in [1.82, 2.24) is 15.4 Å². The van der Waals surface area contributed by atoms with E-state index < -0.39 is 15.9 Å². The monoisotopic (exact) mass is 321 g/mol. The number of benzene rings is 1. The number of rotatable bonds is 3. The molecule has 1 aliphatic heterocycles. The number of nitrogens with zero attached hydrogens (tertiary/aromatic N) is 2. The SMILES string of the molecule is CS(=O)(=O)c1nccc(C2NOC=C2c2ccc(F)cc2)n1. The lowest BCUT2D eigenvalue weighted by Crippen LogP contribution is -2.18. The normalized spacial score (nSPS) is 17.9. The summed E-state index contributed by atoms with van der Waals surface area (Å²) in [5.74, 6) is -0.339. The smallest absolute Gasteiger partial charge is 0.247 e. The van der Waals surface area contributed by atoms with E-state index in [-0.39, 0.29) is 11.0 Å². The van der Waals surface area contributed by atoms with E-state index in [4.69, 9.17) is 4.84 Å². The Balaban J connectivity index is 1.98. The molecule has 3 rings (SSSR count). The van der Waals surface area contributed by atoms with Crippen molar-refractivity contribution in [1.29, 1.82) is 0 Å². The van der Waals surface area contributed by atoms with E-state index in [1.165, 1.54) is 24.6 Å². The van der Waals surface area contributed by atoms with Crippen LogP contribution in [0.4, 0.5) is 4.39 Å². The first kappa shape index (κ1) is 14.6. The summed E-state index contributed by atoms with van der Waals surface area (Å²) in [4.78, 5) is 12.9. The van der Waals surface area contributed by atoms with Crippen molar-refractivity contribution in [2.45, 2.75) is 11.2 Å². The van der Waals surface area contributed by atoms with Gasteiger partial charge in [-0.15, -0.1) is 5.48 Å². The lowest BCUT2D eigenvalue weighted by molar-refractivity contribution is 0.141. The Bertz CT molecular complexity index is 835. The number of halogens is 1. The Morgan fingerprint density at radius 1 is 1.23 bits per heavy atom. The molecule has 1 aromatic heterocycles. The van der Waals surface area contributed by atoms with Crippen LogP contribution in [0.3, 0.4) is 0 Å². The molecule has 0 saturated heterocycles. The topological polar surface area (TPSA) is 81.2 Å². The van der Waals surface area contributed by atoms with Gasteiger partial charge in [0.1, 0.15) is 18.1 Å². The second-order valence-electron chi connectivity index (χ2n) is 4.79. The molecule has 0 fully saturated rings. The van der Waals surface area contributed by atoms with Crippen LogP contribution in [0, 0.1) is 5.82 Å². The molecule has 1 atom stereocenters. The first-order valence-corrected chi connectivity index (χ1v) is 8.24. The zero-order valence-electron chi connectivity index (χ0n) is 11.5. The molecule has 0 radical (unpaired) electrons. The number of nitrogens with one attached hydrogen (secondary N) is 1. The van der Waals surface area contributed by atoms with Crippen LogP contribution in [0.15, 0.2) is 47.9 Å². The molecule has 8 heteroatoms. The molecule has 0 amide bonds. The molecule has 1 unspecified atom stereocenters. The van der Waals surface area contributed by atoms with Crippen LogP contribution in [0.1, 0.15) is 17.3 Å². The second-order valence-corrected chi connectivity index (χ2v) is 6.69. The van der Waals surface area contributed by atoms with Crippen LogP contribution < -0.4 is 5.48 Å². The van der Waals surface area contributed by atoms with E-state index in [2.05, 4.69) is 15.4 Å². The van der Waals surface area contributed by atoms with E-state index in [1.54, 1.807) is 18.2 Å². The second kappa shape index (κ2) is 5.47. The first-order valence-electron chi connectivity index (χ1n) is 6.35. The van der Waals surface area contributed by atoms with Gasteiger partial charge in [0.05, 0.1) is 5.69 Å². The average Bonchev–Trinajstić information content (AvgIpc) is 2.97. The summed E-state index contributed by atoms with van der Waals surface area (Å²) < 4.78 is 36.1. The molecule has 0 bridgehead atoms. The van der Waals surface area contributed by atoms with Gasteiger partial charge < -0.3 is 4.84 Å². The van der Waals surface area contributed by atoms with Crippen LogP contribution >= 0.6 is 0 Å². The fraction of sp³-hybridized carbons (Fsp3) is 0.143. The largest absolute Gasteiger partial charge is 0.415 e. The highest BCUT2D eigenvalue weighted by Gasteiger charge is 2.26. The van der Waals surface area contributed by atoms with Gasteiger partial charge in [-0.25, -0.2) is 22.8 Å². The van der Waals surface area contributed by atoms with Gasteiger partial charge >= 0.3 is 0 Å². The molecule has 2 heterocycles. The van der Waals surface area contributed by atoms with Crippen LogP contribution in [0.25, 0.3) is 5.57 Å². The Morgan fingerprint density at radius 3 is 2.64 bits per heavy atom. The minimum absolute atomic E-state index is 0.253. The Morgan fingerprint density at radius 2 is 1.95 bits per heavy atom. The minimum Gasteiger partial charge on any atom is -0.415 e. The highest BCUT2D eigenvalue weighted by Crippen LogP contribution is 2.32. The van der Waals surface area contributed by atoms with Crippen molar-refractivity contribution in [3.05, 3.63) is 59.9 Å². The van der Waals surface area contributed by atoms with Gasteiger partial charge in [-0.1, -0.05) is 12.1 Å². The first-order chi connectivity index (χ1) is 10.4. The molecule has 1 aromatic carbocycles. The number of hydroxylamine groups is 1. The van der Waals surface area contributed by atoms with Crippen molar-refractivity contribution in [2.24, 2.45) is 0 Å². The number of hydrogen-bond acceptors (Lipinski definition) is 6. The van der Waals surface area contributed by atoms with Gasteiger partial charge in [0.25, 0.3) is 0 Å². The van der Waals surface area contributed by atoms with Crippen LogP contribution in [0.2, 0.25) is 0 Å². The quantitative estimate of drug-likeness (QED) is 0.866. The van der Waals surface area contributed by atoms with E-state index in [0.29, 0.717) is 5.69 Å². The molecular formula is C14H12FN3O3S. The van der Waals surface area contributed by atoms with Crippen LogP contribution in [-0.2, 0) is 14.7 Å². The van der Waals surface area contributed by atoms with E-state index in [0.717, 1.165) is 17.4 Å².